The van der Waals surface area contributed by atoms with Gasteiger partial charge >= 0.3 is 0 Å². The Hall–Kier alpha value is -1.54. The minimum Gasteiger partial charge on any atom is -0.369 e. The Kier molecular flexibility index (Phi) is 4.03. The molecule has 0 unspecified atom stereocenters. The molecule has 4 rings (SSSR count). The van der Waals surface area contributed by atoms with Crippen molar-refractivity contribution in [1.29, 1.82) is 0 Å². The second kappa shape index (κ2) is 6.29. The van der Waals surface area contributed by atoms with Crippen molar-refractivity contribution in [3.8, 4) is 11.3 Å². The van der Waals surface area contributed by atoms with Gasteiger partial charge in [-0.25, -0.2) is 4.68 Å². The van der Waals surface area contributed by atoms with Gasteiger partial charge in [-0.15, -0.1) is 16.4 Å². The van der Waals surface area contributed by atoms with E-state index in [-0.39, 0.29) is 6.10 Å². The van der Waals surface area contributed by atoms with Crippen LogP contribution in [-0.4, -0.2) is 27.6 Å². The van der Waals surface area contributed by atoms with Gasteiger partial charge in [-0.1, -0.05) is 11.3 Å². The van der Waals surface area contributed by atoms with Gasteiger partial charge < -0.3 is 10.1 Å². The number of hydrogen-bond donors (Lipinski definition) is 1. The quantitative estimate of drug-likeness (QED) is 0.780. The highest BCUT2D eigenvalue weighted by atomic mass is 32.1. The van der Waals surface area contributed by atoms with Gasteiger partial charge in [0.2, 0.25) is 0 Å². The van der Waals surface area contributed by atoms with Crippen LogP contribution in [0.3, 0.4) is 0 Å². The molecule has 0 aromatic carbocycles. The summed E-state index contributed by atoms with van der Waals surface area (Å²) in [5.74, 6) is 0. The van der Waals surface area contributed by atoms with E-state index < -0.39 is 0 Å². The molecule has 7 heteroatoms. The minimum absolute atomic E-state index is 0.143. The van der Waals surface area contributed by atoms with E-state index in [4.69, 9.17) is 4.74 Å². The van der Waals surface area contributed by atoms with Crippen LogP contribution in [0.25, 0.3) is 11.3 Å². The van der Waals surface area contributed by atoms with Crippen LogP contribution < -0.4 is 5.32 Å². The summed E-state index contributed by atoms with van der Waals surface area (Å²) in [6.45, 7) is 3.04. The number of fused-ring (bicyclic) bond motifs is 1. The highest BCUT2D eigenvalue weighted by Crippen LogP contribution is 2.26. The Morgan fingerprint density at radius 3 is 3.18 bits per heavy atom. The first-order valence-electron chi connectivity index (χ1n) is 7.20. The molecule has 0 fully saturated rings. The molecular formula is C15H16N4OS2. The van der Waals surface area contributed by atoms with Gasteiger partial charge in [0.05, 0.1) is 24.9 Å². The summed E-state index contributed by atoms with van der Waals surface area (Å²) in [4.78, 5) is 1.34. The lowest BCUT2D eigenvalue weighted by molar-refractivity contribution is 0.00128. The Balaban J connectivity index is 1.38. The van der Waals surface area contributed by atoms with E-state index in [9.17, 15) is 0 Å². The van der Waals surface area contributed by atoms with Crippen molar-refractivity contribution in [2.75, 3.05) is 6.54 Å². The molecule has 0 saturated carbocycles. The Morgan fingerprint density at radius 1 is 1.36 bits per heavy atom. The molecular weight excluding hydrogens is 316 g/mol. The van der Waals surface area contributed by atoms with Crippen LogP contribution in [0, 0.1) is 0 Å². The lowest BCUT2D eigenvalue weighted by Gasteiger charge is -2.24. The second-order valence-corrected chi connectivity index (χ2v) is 7.03. The van der Waals surface area contributed by atoms with Gasteiger partial charge in [-0.3, -0.25) is 0 Å². The van der Waals surface area contributed by atoms with E-state index in [0.717, 1.165) is 36.6 Å². The van der Waals surface area contributed by atoms with Gasteiger partial charge in [0.15, 0.2) is 0 Å². The SMILES string of the molecule is c1csc(CNC[C@H]2Cn3nnc(-c4ccsc4)c3CO2)c1. The lowest BCUT2D eigenvalue weighted by atomic mass is 10.2. The number of nitrogens with one attached hydrogen (secondary N) is 1. The third kappa shape index (κ3) is 2.85. The van der Waals surface area contributed by atoms with Crippen LogP contribution >= 0.6 is 22.7 Å². The van der Waals surface area contributed by atoms with Crippen LogP contribution in [-0.2, 0) is 24.4 Å². The van der Waals surface area contributed by atoms with Gasteiger partial charge in [0.25, 0.3) is 0 Å². The predicted octanol–water partition coefficient (Wildman–Crippen LogP) is 2.76. The molecule has 1 aliphatic rings. The van der Waals surface area contributed by atoms with E-state index in [0.29, 0.717) is 6.61 Å². The molecule has 1 aliphatic heterocycles. The highest BCUT2D eigenvalue weighted by Gasteiger charge is 2.24. The summed E-state index contributed by atoms with van der Waals surface area (Å²) in [6.07, 6.45) is 0.143. The Labute approximate surface area is 136 Å². The molecule has 3 aromatic heterocycles. The van der Waals surface area contributed by atoms with Crippen LogP contribution in [0.2, 0.25) is 0 Å². The molecule has 22 heavy (non-hydrogen) atoms. The molecule has 0 aliphatic carbocycles. The van der Waals surface area contributed by atoms with Crippen LogP contribution in [0.5, 0.6) is 0 Å². The number of aromatic nitrogens is 3. The maximum Gasteiger partial charge on any atom is 0.119 e. The fourth-order valence-electron chi connectivity index (χ4n) is 2.58. The number of ether oxygens (including phenoxy) is 1. The average molecular weight is 332 g/mol. The molecule has 5 nitrogen and oxygen atoms in total. The van der Waals surface area contributed by atoms with Crippen molar-refractivity contribution < 1.29 is 4.74 Å². The van der Waals surface area contributed by atoms with Crippen molar-refractivity contribution in [1.82, 2.24) is 20.3 Å². The van der Waals surface area contributed by atoms with Crippen LogP contribution in [0.1, 0.15) is 10.6 Å². The van der Waals surface area contributed by atoms with Gasteiger partial charge in [-0.05, 0) is 22.9 Å². The zero-order chi connectivity index (χ0) is 14.8. The number of rotatable bonds is 5. The topological polar surface area (TPSA) is 52.0 Å². The summed E-state index contributed by atoms with van der Waals surface area (Å²) in [5.41, 5.74) is 3.16. The highest BCUT2D eigenvalue weighted by molar-refractivity contribution is 7.09. The average Bonchev–Trinajstić information content (AvgIpc) is 3.28. The van der Waals surface area contributed by atoms with E-state index in [1.807, 2.05) is 4.68 Å². The van der Waals surface area contributed by atoms with Crippen molar-refractivity contribution in [3.63, 3.8) is 0 Å². The molecule has 0 saturated heterocycles. The number of nitrogens with zero attached hydrogens (tertiary/aromatic N) is 3. The molecule has 1 N–H and O–H groups in total. The monoisotopic (exact) mass is 332 g/mol. The van der Waals surface area contributed by atoms with E-state index in [1.54, 1.807) is 22.7 Å². The summed E-state index contributed by atoms with van der Waals surface area (Å²) < 4.78 is 7.94. The maximum absolute atomic E-state index is 5.96. The predicted molar refractivity (Wildman–Crippen MR) is 87.9 cm³/mol. The molecule has 4 heterocycles. The molecule has 114 valence electrons. The second-order valence-electron chi connectivity index (χ2n) is 5.22. The summed E-state index contributed by atoms with van der Waals surface area (Å²) in [6, 6.07) is 6.29. The number of hydrogen-bond acceptors (Lipinski definition) is 6. The third-order valence-electron chi connectivity index (χ3n) is 3.72. The van der Waals surface area contributed by atoms with Crippen LogP contribution in [0.15, 0.2) is 34.3 Å². The molecule has 3 aromatic rings. The van der Waals surface area contributed by atoms with Crippen molar-refractivity contribution in [2.45, 2.75) is 25.8 Å². The fourth-order valence-corrected chi connectivity index (χ4v) is 3.90. The zero-order valence-corrected chi connectivity index (χ0v) is 13.6. The van der Waals surface area contributed by atoms with E-state index in [2.05, 4.69) is 50.0 Å². The first-order chi connectivity index (χ1) is 10.9. The normalized spacial score (nSPS) is 17.5. The summed E-state index contributed by atoms with van der Waals surface area (Å²) in [7, 11) is 0. The molecule has 0 spiro atoms. The molecule has 1 atom stereocenters. The first kappa shape index (κ1) is 14.1. The zero-order valence-electron chi connectivity index (χ0n) is 11.9. The maximum atomic E-state index is 5.96. The van der Waals surface area contributed by atoms with E-state index >= 15 is 0 Å². The number of thiophene rings is 2. The third-order valence-corrected chi connectivity index (χ3v) is 5.28. The van der Waals surface area contributed by atoms with Gasteiger partial charge in [-0.2, -0.15) is 11.3 Å². The van der Waals surface area contributed by atoms with Gasteiger partial charge in [0.1, 0.15) is 5.69 Å². The molecule has 0 amide bonds. The Bertz CT molecular complexity index is 721. The lowest BCUT2D eigenvalue weighted by Crippen LogP contribution is -2.36. The Morgan fingerprint density at radius 2 is 2.36 bits per heavy atom. The van der Waals surface area contributed by atoms with E-state index in [1.165, 1.54) is 4.88 Å². The van der Waals surface area contributed by atoms with Crippen molar-refractivity contribution in [3.05, 3.63) is 44.9 Å². The smallest absolute Gasteiger partial charge is 0.119 e. The van der Waals surface area contributed by atoms with Crippen LogP contribution in [0.4, 0.5) is 0 Å². The fraction of sp³-hybridized carbons (Fsp3) is 0.333. The summed E-state index contributed by atoms with van der Waals surface area (Å²) >= 11 is 3.44. The van der Waals surface area contributed by atoms with Crippen molar-refractivity contribution in [2.24, 2.45) is 0 Å². The van der Waals surface area contributed by atoms with Crippen molar-refractivity contribution >= 4 is 22.7 Å². The van der Waals surface area contributed by atoms with Gasteiger partial charge in [0, 0.05) is 28.9 Å². The standard InChI is InChI=1S/C15H16N4OS2/c1-2-13(22-4-1)7-16-6-12-8-19-14(9-20-12)15(17-18-19)11-3-5-21-10-11/h1-5,10,12,16H,6-9H2/t12-/m0/s1. The molecule has 0 radical (unpaired) electrons. The first-order valence-corrected chi connectivity index (χ1v) is 9.02. The largest absolute Gasteiger partial charge is 0.369 e. The summed E-state index contributed by atoms with van der Waals surface area (Å²) in [5, 5.41) is 18.3. The molecule has 0 bridgehead atoms. The minimum atomic E-state index is 0.143.